The molecule has 0 radical (unpaired) electrons. The number of nitrogens with zero attached hydrogens (tertiary/aromatic N) is 1. The number of hydrogen-bond acceptors (Lipinski definition) is 4. The number of nitrogens with one attached hydrogen (secondary N) is 2. The Hall–Kier alpha value is -0.920. The summed E-state index contributed by atoms with van der Waals surface area (Å²) in [4.78, 5) is 0.262. The van der Waals surface area contributed by atoms with Crippen LogP contribution in [0.5, 0.6) is 0 Å². The molecule has 0 spiro atoms. The monoisotopic (exact) mass is 258 g/mol. The number of rotatable bonds is 3. The van der Waals surface area contributed by atoms with Crippen molar-refractivity contribution in [3.63, 3.8) is 0 Å². The molecule has 1 saturated carbocycles. The van der Waals surface area contributed by atoms with Crippen molar-refractivity contribution in [2.24, 2.45) is 5.73 Å². The van der Waals surface area contributed by atoms with Gasteiger partial charge in [0.2, 0.25) is 10.0 Å². The van der Waals surface area contributed by atoms with Gasteiger partial charge in [0.15, 0.2) is 0 Å². The summed E-state index contributed by atoms with van der Waals surface area (Å²) in [6.07, 6.45) is 2.38. The summed E-state index contributed by atoms with van der Waals surface area (Å²) in [5.41, 5.74) is 6.83. The zero-order valence-corrected chi connectivity index (χ0v) is 10.8. The van der Waals surface area contributed by atoms with E-state index in [9.17, 15) is 8.42 Å². The van der Waals surface area contributed by atoms with E-state index in [-0.39, 0.29) is 17.0 Å². The minimum atomic E-state index is -3.48. The first kappa shape index (κ1) is 12.5. The number of aromatic amines is 1. The van der Waals surface area contributed by atoms with Gasteiger partial charge in [-0.15, -0.1) is 0 Å². The Balaban J connectivity index is 2.20. The van der Waals surface area contributed by atoms with Gasteiger partial charge in [0, 0.05) is 12.1 Å². The molecule has 1 aromatic heterocycles. The maximum Gasteiger partial charge on any atom is 0.244 e. The molecule has 1 fully saturated rings. The molecular formula is C10H18N4O2S. The molecule has 2 atom stereocenters. The molecule has 2 rings (SSSR count). The number of sulfonamides is 1. The summed E-state index contributed by atoms with van der Waals surface area (Å²) in [5, 5.41) is 6.59. The van der Waals surface area contributed by atoms with E-state index in [0.29, 0.717) is 17.8 Å². The highest BCUT2D eigenvalue weighted by atomic mass is 32.2. The van der Waals surface area contributed by atoms with Crippen LogP contribution in [0.25, 0.3) is 0 Å². The predicted octanol–water partition coefficient (Wildman–Crippen LogP) is 0.185. The zero-order valence-electron chi connectivity index (χ0n) is 10.0. The van der Waals surface area contributed by atoms with E-state index >= 15 is 0 Å². The summed E-state index contributed by atoms with van der Waals surface area (Å²) in [6, 6.07) is 0.0537. The lowest BCUT2D eigenvalue weighted by Crippen LogP contribution is -2.34. The summed E-state index contributed by atoms with van der Waals surface area (Å²) in [7, 11) is -3.48. The first-order chi connectivity index (χ1) is 7.90. The Morgan fingerprint density at radius 2 is 2.12 bits per heavy atom. The number of H-pyrrole nitrogens is 1. The third-order valence-corrected chi connectivity index (χ3v) is 4.91. The molecule has 0 aliphatic heterocycles. The van der Waals surface area contributed by atoms with E-state index in [4.69, 9.17) is 5.73 Å². The highest BCUT2D eigenvalue weighted by Crippen LogP contribution is 2.22. The quantitative estimate of drug-likeness (QED) is 0.720. The minimum absolute atomic E-state index is 0.0521. The van der Waals surface area contributed by atoms with Gasteiger partial charge in [-0.1, -0.05) is 0 Å². The van der Waals surface area contributed by atoms with Gasteiger partial charge in [0.05, 0.1) is 11.4 Å². The highest BCUT2D eigenvalue weighted by Gasteiger charge is 2.29. The average molecular weight is 258 g/mol. The topological polar surface area (TPSA) is 101 Å². The zero-order chi connectivity index (χ0) is 12.6. The summed E-state index contributed by atoms with van der Waals surface area (Å²) < 4.78 is 27.1. The van der Waals surface area contributed by atoms with Crippen LogP contribution in [0, 0.1) is 13.8 Å². The van der Waals surface area contributed by atoms with Crippen molar-refractivity contribution in [2.75, 3.05) is 0 Å². The van der Waals surface area contributed by atoms with E-state index < -0.39 is 10.0 Å². The number of aryl methyl sites for hydroxylation is 2. The lowest BCUT2D eigenvalue weighted by atomic mass is 10.2. The van der Waals surface area contributed by atoms with Gasteiger partial charge in [-0.3, -0.25) is 5.10 Å². The van der Waals surface area contributed by atoms with Crippen molar-refractivity contribution < 1.29 is 8.42 Å². The fourth-order valence-electron chi connectivity index (χ4n) is 2.34. The average Bonchev–Trinajstić information content (AvgIpc) is 2.73. The van der Waals surface area contributed by atoms with Crippen LogP contribution in [-0.4, -0.2) is 30.7 Å². The van der Waals surface area contributed by atoms with Crippen molar-refractivity contribution in [1.29, 1.82) is 0 Å². The van der Waals surface area contributed by atoms with Gasteiger partial charge >= 0.3 is 0 Å². The second-order valence-corrected chi connectivity index (χ2v) is 6.31. The van der Waals surface area contributed by atoms with Crippen LogP contribution in [0.15, 0.2) is 4.90 Å². The van der Waals surface area contributed by atoms with Crippen LogP contribution >= 0.6 is 0 Å². The fourth-order valence-corrected chi connectivity index (χ4v) is 3.99. The molecule has 0 aromatic carbocycles. The molecule has 1 aliphatic carbocycles. The van der Waals surface area contributed by atoms with Crippen LogP contribution in [0.2, 0.25) is 0 Å². The second kappa shape index (κ2) is 4.40. The number of aromatic nitrogens is 2. The lowest BCUT2D eigenvalue weighted by Gasteiger charge is -2.12. The van der Waals surface area contributed by atoms with Crippen LogP contribution in [-0.2, 0) is 10.0 Å². The fraction of sp³-hybridized carbons (Fsp3) is 0.700. The number of hydrogen-bond donors (Lipinski definition) is 3. The van der Waals surface area contributed by atoms with E-state index in [2.05, 4.69) is 14.9 Å². The van der Waals surface area contributed by atoms with Crippen molar-refractivity contribution >= 4 is 10.0 Å². The van der Waals surface area contributed by atoms with E-state index in [0.717, 1.165) is 12.8 Å². The largest absolute Gasteiger partial charge is 0.328 e. The molecule has 1 aliphatic rings. The van der Waals surface area contributed by atoms with Gasteiger partial charge in [-0.2, -0.15) is 5.10 Å². The van der Waals surface area contributed by atoms with Gasteiger partial charge in [-0.05, 0) is 33.1 Å². The predicted molar refractivity (Wildman–Crippen MR) is 64.0 cm³/mol. The Morgan fingerprint density at radius 3 is 2.59 bits per heavy atom. The molecular weight excluding hydrogens is 240 g/mol. The molecule has 0 amide bonds. The van der Waals surface area contributed by atoms with Crippen molar-refractivity contribution in [2.45, 2.75) is 50.1 Å². The third kappa shape index (κ3) is 2.51. The van der Waals surface area contributed by atoms with E-state index in [1.807, 2.05) is 0 Å². The molecule has 0 bridgehead atoms. The molecule has 6 nitrogen and oxygen atoms in total. The summed E-state index contributed by atoms with van der Waals surface area (Å²) >= 11 is 0. The maximum atomic E-state index is 12.2. The van der Waals surface area contributed by atoms with Crippen LogP contribution in [0.1, 0.15) is 30.7 Å². The smallest absolute Gasteiger partial charge is 0.244 e. The minimum Gasteiger partial charge on any atom is -0.328 e. The Morgan fingerprint density at radius 1 is 1.41 bits per heavy atom. The molecule has 96 valence electrons. The van der Waals surface area contributed by atoms with E-state index in [1.165, 1.54) is 0 Å². The standard InChI is InChI=1S/C10H18N4O2S/c1-6-10(7(2)13-12-6)17(15,16)14-9-4-3-8(11)5-9/h8-9,14H,3-5,11H2,1-2H3,(H,12,13). The van der Waals surface area contributed by atoms with Gasteiger partial charge in [0.1, 0.15) is 4.90 Å². The number of nitrogens with two attached hydrogens (primary N) is 1. The molecule has 17 heavy (non-hydrogen) atoms. The van der Waals surface area contributed by atoms with Gasteiger partial charge in [-0.25, -0.2) is 13.1 Å². The first-order valence-electron chi connectivity index (χ1n) is 5.69. The normalized spacial score (nSPS) is 25.4. The highest BCUT2D eigenvalue weighted by molar-refractivity contribution is 7.89. The first-order valence-corrected chi connectivity index (χ1v) is 7.18. The molecule has 0 saturated heterocycles. The van der Waals surface area contributed by atoms with E-state index in [1.54, 1.807) is 13.8 Å². The molecule has 2 unspecified atom stereocenters. The van der Waals surface area contributed by atoms with Crippen LogP contribution in [0.3, 0.4) is 0 Å². The third-order valence-electron chi connectivity index (χ3n) is 3.12. The lowest BCUT2D eigenvalue weighted by molar-refractivity contribution is 0.548. The molecule has 4 N–H and O–H groups in total. The van der Waals surface area contributed by atoms with Crippen molar-refractivity contribution in [3.8, 4) is 0 Å². The SMILES string of the molecule is Cc1n[nH]c(C)c1S(=O)(=O)NC1CCC(N)C1. The molecule has 7 heteroatoms. The van der Waals surface area contributed by atoms with Gasteiger partial charge in [0.25, 0.3) is 0 Å². The van der Waals surface area contributed by atoms with Crippen LogP contribution < -0.4 is 10.5 Å². The molecule has 1 heterocycles. The Bertz CT molecular complexity index is 489. The summed E-state index contributed by atoms with van der Waals surface area (Å²) in [5.74, 6) is 0. The summed E-state index contributed by atoms with van der Waals surface area (Å²) in [6.45, 7) is 3.38. The second-order valence-electron chi connectivity index (χ2n) is 4.65. The Kier molecular flexibility index (Phi) is 3.24. The maximum absolute atomic E-state index is 12.2. The van der Waals surface area contributed by atoms with Crippen LogP contribution in [0.4, 0.5) is 0 Å². The van der Waals surface area contributed by atoms with Crippen molar-refractivity contribution in [3.05, 3.63) is 11.4 Å². The molecule has 1 aromatic rings. The van der Waals surface area contributed by atoms with Gasteiger partial charge < -0.3 is 5.73 Å². The van der Waals surface area contributed by atoms with Crippen molar-refractivity contribution in [1.82, 2.24) is 14.9 Å². The Labute approximate surface area is 101 Å².